The molecule has 1 atom stereocenters. The minimum absolute atomic E-state index is 0.148. The van der Waals surface area contributed by atoms with Crippen LogP contribution in [0, 0.1) is 0 Å². The summed E-state index contributed by atoms with van der Waals surface area (Å²) in [5.74, 6) is 1.60. The fraction of sp³-hybridized carbons (Fsp3) is 0.429. The highest BCUT2D eigenvalue weighted by atomic mass is 16.5. The van der Waals surface area contributed by atoms with Gasteiger partial charge in [0.05, 0.1) is 20.3 Å². The molecule has 0 aliphatic carbocycles. The summed E-state index contributed by atoms with van der Waals surface area (Å²) in [7, 11) is 3.25. The fourth-order valence-electron chi connectivity index (χ4n) is 3.58. The Kier molecular flexibility index (Phi) is 6.10. The van der Waals surface area contributed by atoms with Crippen molar-refractivity contribution in [2.75, 3.05) is 20.8 Å². The highest BCUT2D eigenvalue weighted by Gasteiger charge is 2.27. The average Bonchev–Trinajstić information content (AvgIpc) is 2.72. The van der Waals surface area contributed by atoms with Gasteiger partial charge in [-0.2, -0.15) is 0 Å². The van der Waals surface area contributed by atoms with Crippen molar-refractivity contribution in [3.8, 4) is 11.5 Å². The molecule has 0 radical (unpaired) electrons. The van der Waals surface area contributed by atoms with Gasteiger partial charge in [0.15, 0.2) is 11.5 Å². The van der Waals surface area contributed by atoms with Gasteiger partial charge in [0.2, 0.25) is 5.91 Å². The number of hydrogen-bond acceptors (Lipinski definition) is 4. The number of benzene rings is 1. The van der Waals surface area contributed by atoms with Crippen LogP contribution in [0.1, 0.15) is 42.9 Å². The Bertz CT molecular complexity index is 733. The number of amides is 1. The van der Waals surface area contributed by atoms with Crippen LogP contribution in [0.3, 0.4) is 0 Å². The molecule has 0 unspecified atom stereocenters. The van der Waals surface area contributed by atoms with Crippen LogP contribution in [0.15, 0.2) is 42.7 Å². The van der Waals surface area contributed by atoms with Crippen molar-refractivity contribution in [1.29, 1.82) is 0 Å². The average molecular weight is 354 g/mol. The number of rotatable bonds is 6. The van der Waals surface area contributed by atoms with Crippen LogP contribution in [-0.4, -0.2) is 36.6 Å². The van der Waals surface area contributed by atoms with E-state index in [2.05, 4.69) is 11.1 Å². The van der Waals surface area contributed by atoms with Gasteiger partial charge in [-0.05, 0) is 55.0 Å². The third-order valence-electron chi connectivity index (χ3n) is 4.97. The van der Waals surface area contributed by atoms with Gasteiger partial charge in [-0.3, -0.25) is 9.78 Å². The molecule has 3 rings (SSSR count). The molecular formula is C21H26N2O3. The Morgan fingerprint density at radius 1 is 1.19 bits per heavy atom. The molecule has 5 nitrogen and oxygen atoms in total. The summed E-state index contributed by atoms with van der Waals surface area (Å²) in [6.07, 6.45) is 8.06. The first-order valence-electron chi connectivity index (χ1n) is 9.13. The van der Waals surface area contributed by atoms with Crippen molar-refractivity contribution >= 4 is 5.91 Å². The number of aryl methyl sites for hydroxylation is 1. The van der Waals surface area contributed by atoms with E-state index in [-0.39, 0.29) is 11.9 Å². The Hall–Kier alpha value is -2.56. The first kappa shape index (κ1) is 18.2. The molecule has 0 saturated carbocycles. The second-order valence-electron chi connectivity index (χ2n) is 6.57. The number of ether oxygens (including phenoxy) is 2. The maximum atomic E-state index is 12.9. The Morgan fingerprint density at radius 2 is 2.04 bits per heavy atom. The maximum absolute atomic E-state index is 12.9. The molecule has 1 aliphatic heterocycles. The van der Waals surface area contributed by atoms with Crippen LogP contribution in [-0.2, 0) is 11.2 Å². The monoisotopic (exact) mass is 354 g/mol. The maximum Gasteiger partial charge on any atom is 0.223 e. The summed E-state index contributed by atoms with van der Waals surface area (Å²) in [4.78, 5) is 19.1. The first-order chi connectivity index (χ1) is 12.7. The van der Waals surface area contributed by atoms with Crippen molar-refractivity contribution in [1.82, 2.24) is 9.88 Å². The third-order valence-corrected chi connectivity index (χ3v) is 4.97. The van der Waals surface area contributed by atoms with E-state index in [4.69, 9.17) is 9.47 Å². The van der Waals surface area contributed by atoms with Gasteiger partial charge in [0, 0.05) is 25.4 Å². The van der Waals surface area contributed by atoms with Crippen molar-refractivity contribution in [2.24, 2.45) is 0 Å². The highest BCUT2D eigenvalue weighted by Crippen LogP contribution is 2.32. The smallest absolute Gasteiger partial charge is 0.223 e. The van der Waals surface area contributed by atoms with E-state index in [0.717, 1.165) is 36.9 Å². The molecule has 0 N–H and O–H groups in total. The topological polar surface area (TPSA) is 51.7 Å². The molecule has 1 amide bonds. The largest absolute Gasteiger partial charge is 0.493 e. The number of methoxy groups -OCH3 is 2. The van der Waals surface area contributed by atoms with E-state index in [9.17, 15) is 4.79 Å². The number of aromatic nitrogens is 1. The van der Waals surface area contributed by atoms with Gasteiger partial charge in [0.25, 0.3) is 0 Å². The molecule has 138 valence electrons. The summed E-state index contributed by atoms with van der Waals surface area (Å²) in [5, 5.41) is 0. The van der Waals surface area contributed by atoms with Gasteiger partial charge in [-0.25, -0.2) is 0 Å². The lowest BCUT2D eigenvalue weighted by molar-refractivity contribution is -0.135. The Labute approximate surface area is 155 Å². The minimum atomic E-state index is 0.148. The lowest BCUT2D eigenvalue weighted by Gasteiger charge is -2.36. The van der Waals surface area contributed by atoms with Crippen molar-refractivity contribution in [2.45, 2.75) is 38.1 Å². The lowest BCUT2D eigenvalue weighted by atomic mass is 9.95. The molecule has 0 bridgehead atoms. The zero-order valence-electron chi connectivity index (χ0n) is 15.5. The molecule has 1 fully saturated rings. The second kappa shape index (κ2) is 8.70. The van der Waals surface area contributed by atoms with Crippen LogP contribution < -0.4 is 9.47 Å². The number of pyridine rings is 1. The van der Waals surface area contributed by atoms with E-state index < -0.39 is 0 Å². The van der Waals surface area contributed by atoms with Crippen molar-refractivity contribution in [3.63, 3.8) is 0 Å². The molecule has 26 heavy (non-hydrogen) atoms. The van der Waals surface area contributed by atoms with Crippen molar-refractivity contribution in [3.05, 3.63) is 53.9 Å². The number of carbonyl (C=O) groups excluding carboxylic acids is 1. The van der Waals surface area contributed by atoms with Crippen LogP contribution in [0.4, 0.5) is 0 Å². The van der Waals surface area contributed by atoms with Crippen molar-refractivity contribution < 1.29 is 14.3 Å². The summed E-state index contributed by atoms with van der Waals surface area (Å²) >= 11 is 0. The van der Waals surface area contributed by atoms with E-state index in [1.54, 1.807) is 20.4 Å². The number of likely N-dealkylation sites (tertiary alicyclic amines) is 1. The molecular weight excluding hydrogens is 328 g/mol. The molecule has 2 heterocycles. The van der Waals surface area contributed by atoms with Gasteiger partial charge in [-0.15, -0.1) is 0 Å². The van der Waals surface area contributed by atoms with E-state index in [0.29, 0.717) is 24.3 Å². The second-order valence-corrected chi connectivity index (χ2v) is 6.57. The third kappa shape index (κ3) is 4.15. The van der Waals surface area contributed by atoms with Gasteiger partial charge in [-0.1, -0.05) is 12.1 Å². The fourth-order valence-corrected chi connectivity index (χ4v) is 3.58. The molecule has 0 spiro atoms. The molecule has 2 aromatic rings. The number of piperidine rings is 1. The zero-order chi connectivity index (χ0) is 18.4. The van der Waals surface area contributed by atoms with Gasteiger partial charge < -0.3 is 14.4 Å². The molecule has 1 saturated heterocycles. The normalized spacial score (nSPS) is 17.0. The summed E-state index contributed by atoms with van der Waals surface area (Å²) < 4.78 is 10.6. The first-order valence-corrected chi connectivity index (χ1v) is 9.13. The predicted octanol–water partition coefficient (Wildman–Crippen LogP) is 3.79. The minimum Gasteiger partial charge on any atom is -0.493 e. The standard InChI is InChI=1S/C21H26N2O3/c1-25-19-10-8-16(14-20(19)26-2)9-11-21(24)23-13-4-3-7-18(23)17-6-5-12-22-15-17/h5-6,8,10,12,14-15,18H,3-4,7,9,11,13H2,1-2H3/t18-/m1/s1. The molecule has 1 aliphatic rings. The van der Waals surface area contributed by atoms with Crippen LogP contribution in [0.2, 0.25) is 0 Å². The summed E-state index contributed by atoms with van der Waals surface area (Å²) in [6.45, 7) is 0.824. The van der Waals surface area contributed by atoms with E-state index in [1.807, 2.05) is 35.4 Å². The van der Waals surface area contributed by atoms with Crippen LogP contribution >= 0.6 is 0 Å². The highest BCUT2D eigenvalue weighted by molar-refractivity contribution is 5.77. The Balaban J connectivity index is 1.67. The van der Waals surface area contributed by atoms with Gasteiger partial charge >= 0.3 is 0 Å². The molecule has 1 aromatic carbocycles. The lowest BCUT2D eigenvalue weighted by Crippen LogP contribution is -2.38. The molecule has 5 heteroatoms. The predicted molar refractivity (Wildman–Crippen MR) is 100 cm³/mol. The SMILES string of the molecule is COc1ccc(CCC(=O)N2CCCC[C@@H]2c2cccnc2)cc1OC. The quantitative estimate of drug-likeness (QED) is 0.792. The Morgan fingerprint density at radius 3 is 2.77 bits per heavy atom. The van der Waals surface area contributed by atoms with Crippen LogP contribution in [0.25, 0.3) is 0 Å². The number of nitrogens with zero attached hydrogens (tertiary/aromatic N) is 2. The number of hydrogen-bond donors (Lipinski definition) is 0. The van der Waals surface area contributed by atoms with Crippen LogP contribution in [0.5, 0.6) is 11.5 Å². The zero-order valence-corrected chi connectivity index (χ0v) is 15.5. The summed E-state index contributed by atoms with van der Waals surface area (Å²) in [5.41, 5.74) is 2.21. The summed E-state index contributed by atoms with van der Waals surface area (Å²) in [6, 6.07) is 9.98. The molecule has 1 aromatic heterocycles. The number of carbonyl (C=O) groups is 1. The van der Waals surface area contributed by atoms with E-state index in [1.165, 1.54) is 0 Å². The van der Waals surface area contributed by atoms with E-state index >= 15 is 0 Å². The van der Waals surface area contributed by atoms with Gasteiger partial charge in [0.1, 0.15) is 0 Å².